The van der Waals surface area contributed by atoms with E-state index in [-0.39, 0.29) is 12.3 Å². The van der Waals surface area contributed by atoms with E-state index in [1.807, 2.05) is 0 Å². The summed E-state index contributed by atoms with van der Waals surface area (Å²) in [6.45, 7) is 3.42. The minimum Gasteiger partial charge on any atom is -0.461 e. The van der Waals surface area contributed by atoms with Gasteiger partial charge in [-0.3, -0.25) is 4.79 Å². The summed E-state index contributed by atoms with van der Waals surface area (Å²) < 4.78 is 4.64. The number of hydrogen-bond acceptors (Lipinski definition) is 5. The molecule has 14 heavy (non-hydrogen) atoms. The Labute approximate surface area is 90.6 Å². The second-order valence-corrected chi connectivity index (χ2v) is 3.70. The Morgan fingerprint density at radius 1 is 1.50 bits per heavy atom. The van der Waals surface area contributed by atoms with Crippen molar-refractivity contribution >= 4 is 33.4 Å². The summed E-state index contributed by atoms with van der Waals surface area (Å²) in [6, 6.07) is 0. The number of carbonyl (C=O) groups excluding carboxylic acids is 2. The van der Waals surface area contributed by atoms with Crippen LogP contribution in [0.15, 0.2) is 5.16 Å². The van der Waals surface area contributed by atoms with Gasteiger partial charge in [0.2, 0.25) is 11.5 Å². The highest BCUT2D eigenvalue weighted by molar-refractivity contribution is 9.10. The van der Waals surface area contributed by atoms with Gasteiger partial charge in [0.1, 0.15) is 7.11 Å². The van der Waals surface area contributed by atoms with Crippen molar-refractivity contribution in [3.05, 3.63) is 0 Å². The van der Waals surface area contributed by atoms with Gasteiger partial charge in [0.05, 0.1) is 11.4 Å². The van der Waals surface area contributed by atoms with E-state index in [1.54, 1.807) is 13.8 Å². The third-order valence-corrected chi connectivity index (χ3v) is 1.66. The van der Waals surface area contributed by atoms with Crippen LogP contribution in [0.2, 0.25) is 0 Å². The van der Waals surface area contributed by atoms with Gasteiger partial charge in [0.25, 0.3) is 0 Å². The molecule has 0 saturated heterocycles. The minimum atomic E-state index is -0.773. The highest BCUT2D eigenvalue weighted by Gasteiger charge is 2.25. The van der Waals surface area contributed by atoms with Crippen LogP contribution in [0.5, 0.6) is 0 Å². The molecule has 0 spiro atoms. The van der Waals surface area contributed by atoms with E-state index < -0.39 is 16.6 Å². The molecule has 0 aromatic heterocycles. The van der Waals surface area contributed by atoms with Crippen LogP contribution in [0.25, 0.3) is 0 Å². The SMILES string of the molecule is CCOC(=O)/C(=N\OC)C(=O)C(C)Br. The van der Waals surface area contributed by atoms with Crippen LogP contribution in [0.1, 0.15) is 13.8 Å². The largest absolute Gasteiger partial charge is 0.461 e. The van der Waals surface area contributed by atoms with Crippen LogP contribution >= 0.6 is 15.9 Å². The van der Waals surface area contributed by atoms with E-state index in [1.165, 1.54) is 7.11 Å². The smallest absolute Gasteiger partial charge is 0.364 e. The Morgan fingerprint density at radius 2 is 2.07 bits per heavy atom. The summed E-state index contributed by atoms with van der Waals surface area (Å²) in [7, 11) is 1.26. The van der Waals surface area contributed by atoms with Crippen LogP contribution < -0.4 is 0 Å². The molecule has 0 rings (SSSR count). The lowest BCUT2D eigenvalue weighted by Crippen LogP contribution is -2.31. The number of rotatable bonds is 5. The van der Waals surface area contributed by atoms with Crippen LogP contribution in [0.4, 0.5) is 0 Å². The first-order valence-corrected chi connectivity index (χ1v) is 4.92. The number of ether oxygens (including phenoxy) is 1. The summed E-state index contributed by atoms with van der Waals surface area (Å²) in [6.07, 6.45) is 0. The first-order chi connectivity index (χ1) is 6.54. The molecule has 0 aliphatic rings. The van der Waals surface area contributed by atoms with Crippen molar-refractivity contribution in [2.45, 2.75) is 18.7 Å². The number of nitrogens with zero attached hydrogens (tertiary/aromatic N) is 1. The predicted octanol–water partition coefficient (Wildman–Crippen LogP) is 0.904. The minimum absolute atomic E-state index is 0.186. The number of Topliss-reactive ketones (excluding diaryl/α,β-unsaturated/α-hetero) is 1. The van der Waals surface area contributed by atoms with Gasteiger partial charge in [-0.2, -0.15) is 0 Å². The van der Waals surface area contributed by atoms with Crippen LogP contribution in [0.3, 0.4) is 0 Å². The molecule has 0 saturated carbocycles. The Kier molecular flexibility index (Phi) is 6.11. The molecule has 5 nitrogen and oxygen atoms in total. The van der Waals surface area contributed by atoms with E-state index in [4.69, 9.17) is 0 Å². The van der Waals surface area contributed by atoms with Crippen molar-refractivity contribution in [2.75, 3.05) is 13.7 Å². The molecule has 0 aromatic rings. The summed E-state index contributed by atoms with van der Waals surface area (Å²) in [5, 5.41) is 3.33. The van der Waals surface area contributed by atoms with Crippen molar-refractivity contribution in [3.63, 3.8) is 0 Å². The zero-order valence-corrected chi connectivity index (χ0v) is 9.83. The van der Waals surface area contributed by atoms with Crippen molar-refractivity contribution in [1.82, 2.24) is 0 Å². The van der Waals surface area contributed by atoms with Crippen molar-refractivity contribution in [2.24, 2.45) is 5.16 Å². The van der Waals surface area contributed by atoms with Gasteiger partial charge in [0.15, 0.2) is 0 Å². The summed E-state index contributed by atoms with van der Waals surface area (Å²) in [5.74, 6) is -1.24. The number of esters is 1. The molecule has 1 unspecified atom stereocenters. The van der Waals surface area contributed by atoms with Gasteiger partial charge in [-0.1, -0.05) is 21.1 Å². The number of alkyl halides is 1. The van der Waals surface area contributed by atoms with Gasteiger partial charge in [0, 0.05) is 0 Å². The fraction of sp³-hybridized carbons (Fsp3) is 0.625. The third kappa shape index (κ3) is 3.87. The van der Waals surface area contributed by atoms with Crippen molar-refractivity contribution in [1.29, 1.82) is 0 Å². The number of hydrogen-bond donors (Lipinski definition) is 0. The molecule has 0 fully saturated rings. The molecule has 6 heteroatoms. The fourth-order valence-corrected chi connectivity index (χ4v) is 0.879. The highest BCUT2D eigenvalue weighted by atomic mass is 79.9. The fourth-order valence-electron chi connectivity index (χ4n) is 0.662. The normalized spacial score (nSPS) is 13.3. The molecular weight excluding hydrogens is 254 g/mol. The maximum atomic E-state index is 11.4. The first kappa shape index (κ1) is 13.1. The third-order valence-electron chi connectivity index (χ3n) is 1.25. The lowest BCUT2D eigenvalue weighted by atomic mass is 10.2. The number of oxime groups is 1. The molecule has 0 radical (unpaired) electrons. The van der Waals surface area contributed by atoms with Gasteiger partial charge in [-0.25, -0.2) is 4.79 Å². The second kappa shape index (κ2) is 6.53. The Morgan fingerprint density at radius 3 is 2.43 bits per heavy atom. The second-order valence-electron chi connectivity index (χ2n) is 2.32. The maximum absolute atomic E-state index is 11.4. The van der Waals surface area contributed by atoms with Crippen molar-refractivity contribution in [3.8, 4) is 0 Å². The van der Waals surface area contributed by atoms with E-state index in [2.05, 4.69) is 30.7 Å². The van der Waals surface area contributed by atoms with Gasteiger partial charge >= 0.3 is 5.97 Å². The Hall–Kier alpha value is -0.910. The molecule has 1 atom stereocenters. The highest BCUT2D eigenvalue weighted by Crippen LogP contribution is 2.02. The molecule has 0 aliphatic carbocycles. The van der Waals surface area contributed by atoms with Crippen molar-refractivity contribution < 1.29 is 19.2 Å². The molecule has 0 aromatic carbocycles. The molecular formula is C8H12BrNO4. The van der Waals surface area contributed by atoms with E-state index in [9.17, 15) is 9.59 Å². The van der Waals surface area contributed by atoms with Crippen LogP contribution in [-0.4, -0.2) is 36.0 Å². The molecule has 0 N–H and O–H groups in total. The Bertz CT molecular complexity index is 250. The Balaban J connectivity index is 4.69. The van der Waals surface area contributed by atoms with E-state index in [0.717, 1.165) is 0 Å². The number of halogens is 1. The van der Waals surface area contributed by atoms with Crippen LogP contribution in [-0.2, 0) is 19.2 Å². The van der Waals surface area contributed by atoms with Gasteiger partial charge in [-0.15, -0.1) is 0 Å². The molecule has 0 heterocycles. The van der Waals surface area contributed by atoms with Gasteiger partial charge in [-0.05, 0) is 13.8 Å². The zero-order valence-electron chi connectivity index (χ0n) is 8.24. The van der Waals surface area contributed by atoms with E-state index in [0.29, 0.717) is 0 Å². The quantitative estimate of drug-likeness (QED) is 0.244. The monoisotopic (exact) mass is 265 g/mol. The molecule has 0 bridgehead atoms. The lowest BCUT2D eigenvalue weighted by molar-refractivity contribution is -0.136. The van der Waals surface area contributed by atoms with E-state index >= 15 is 0 Å². The maximum Gasteiger partial charge on any atom is 0.364 e. The molecule has 80 valence electrons. The summed E-state index contributed by atoms with van der Waals surface area (Å²) in [4.78, 5) is 26.5. The van der Waals surface area contributed by atoms with Gasteiger partial charge < -0.3 is 9.57 Å². The molecule has 0 aliphatic heterocycles. The topological polar surface area (TPSA) is 65.0 Å². The zero-order chi connectivity index (χ0) is 11.1. The number of ketones is 1. The van der Waals surface area contributed by atoms with Crippen LogP contribution in [0, 0.1) is 0 Å². The lowest BCUT2D eigenvalue weighted by Gasteiger charge is -2.05. The number of carbonyl (C=O) groups is 2. The average Bonchev–Trinajstić information content (AvgIpc) is 2.13. The predicted molar refractivity (Wildman–Crippen MR) is 54.5 cm³/mol. The summed E-state index contributed by atoms with van der Waals surface area (Å²) >= 11 is 3.04. The summed E-state index contributed by atoms with van der Waals surface area (Å²) in [5.41, 5.74) is -0.335. The standard InChI is InChI=1S/C8H12BrNO4/c1-4-14-8(12)6(10-13-3)7(11)5(2)9/h5H,4H2,1-3H3/b10-6-. The average molecular weight is 266 g/mol. The first-order valence-electron chi connectivity index (χ1n) is 4.01. The molecule has 0 amide bonds.